The summed E-state index contributed by atoms with van der Waals surface area (Å²) in [6.07, 6.45) is 2.92. The molecule has 0 spiro atoms. The number of hydrogen-bond donors (Lipinski definition) is 1. The second-order valence-corrected chi connectivity index (χ2v) is 5.02. The van der Waals surface area contributed by atoms with E-state index in [-0.39, 0.29) is 11.5 Å². The summed E-state index contributed by atoms with van der Waals surface area (Å²) in [5.41, 5.74) is 7.12. The molecule has 17 heavy (non-hydrogen) atoms. The van der Waals surface area contributed by atoms with E-state index in [1.54, 1.807) is 12.1 Å². The highest BCUT2D eigenvalue weighted by Gasteiger charge is 2.10. The molecule has 4 heteroatoms. The van der Waals surface area contributed by atoms with E-state index in [0.717, 1.165) is 10.9 Å². The number of nitrogens with two attached hydrogens (primary N) is 1. The molecule has 90 valence electrons. The van der Waals surface area contributed by atoms with Gasteiger partial charge in [-0.1, -0.05) is 22.9 Å². The van der Waals surface area contributed by atoms with Gasteiger partial charge in [-0.2, -0.15) is 0 Å². The van der Waals surface area contributed by atoms with Gasteiger partial charge in [-0.15, -0.1) is 0 Å². The predicted octanol–water partition coefficient (Wildman–Crippen LogP) is 2.84. The van der Waals surface area contributed by atoms with Crippen molar-refractivity contribution in [1.82, 2.24) is 0 Å². The fourth-order valence-electron chi connectivity index (χ4n) is 1.71. The van der Waals surface area contributed by atoms with E-state index in [0.29, 0.717) is 23.0 Å². The molecule has 2 aromatic rings. The van der Waals surface area contributed by atoms with Crippen molar-refractivity contribution >= 4 is 26.9 Å². The van der Waals surface area contributed by atoms with Gasteiger partial charge >= 0.3 is 0 Å². The Morgan fingerprint density at radius 1 is 1.47 bits per heavy atom. The minimum absolute atomic E-state index is 0.00232. The van der Waals surface area contributed by atoms with E-state index < -0.39 is 0 Å². The van der Waals surface area contributed by atoms with Crippen LogP contribution in [0.1, 0.15) is 18.9 Å². The van der Waals surface area contributed by atoms with E-state index in [4.69, 9.17) is 10.2 Å². The smallest absolute Gasteiger partial charge is 0.195 e. The monoisotopic (exact) mass is 295 g/mol. The van der Waals surface area contributed by atoms with E-state index in [1.165, 1.54) is 6.26 Å². The zero-order valence-corrected chi connectivity index (χ0v) is 11.2. The van der Waals surface area contributed by atoms with Gasteiger partial charge in [0.25, 0.3) is 0 Å². The van der Waals surface area contributed by atoms with Crippen molar-refractivity contribution in [1.29, 1.82) is 0 Å². The molecule has 0 aliphatic carbocycles. The summed E-state index contributed by atoms with van der Waals surface area (Å²) in [6, 6.07) is 5.41. The molecular formula is C13H14BrNO2. The molecule has 0 aliphatic rings. The molecule has 0 bridgehead atoms. The Balaban J connectivity index is 2.53. The highest BCUT2D eigenvalue weighted by Crippen LogP contribution is 2.18. The lowest BCUT2D eigenvalue weighted by molar-refractivity contribution is 0.574. The van der Waals surface area contributed by atoms with Crippen LogP contribution in [-0.2, 0) is 6.42 Å². The lowest BCUT2D eigenvalue weighted by atomic mass is 10.0. The Morgan fingerprint density at radius 3 is 2.94 bits per heavy atom. The summed E-state index contributed by atoms with van der Waals surface area (Å²) < 4.78 is 6.32. The molecule has 0 saturated carbocycles. The fraction of sp³-hybridized carbons (Fsp3) is 0.308. The van der Waals surface area contributed by atoms with Gasteiger partial charge in [-0.05, 0) is 31.0 Å². The average Bonchev–Trinajstić information content (AvgIpc) is 2.33. The van der Waals surface area contributed by atoms with Crippen LogP contribution in [0.4, 0.5) is 0 Å². The summed E-state index contributed by atoms with van der Waals surface area (Å²) in [5, 5.41) is 0.597. The van der Waals surface area contributed by atoms with E-state index in [9.17, 15) is 4.79 Å². The van der Waals surface area contributed by atoms with E-state index in [2.05, 4.69) is 15.9 Å². The number of fused-ring (bicyclic) bond motifs is 1. The van der Waals surface area contributed by atoms with Gasteiger partial charge in [0, 0.05) is 16.1 Å². The van der Waals surface area contributed by atoms with Crippen LogP contribution in [0.3, 0.4) is 0 Å². The lowest BCUT2D eigenvalue weighted by Crippen LogP contribution is -2.24. The maximum Gasteiger partial charge on any atom is 0.195 e. The third kappa shape index (κ3) is 2.58. The number of hydrogen-bond acceptors (Lipinski definition) is 3. The molecule has 0 fully saturated rings. The highest BCUT2D eigenvalue weighted by molar-refractivity contribution is 9.10. The molecule has 2 N–H and O–H groups in total. The summed E-state index contributed by atoms with van der Waals surface area (Å²) in [4.78, 5) is 12.2. The number of benzene rings is 1. The Bertz CT molecular complexity index is 591. The van der Waals surface area contributed by atoms with Gasteiger partial charge in [0.15, 0.2) is 5.43 Å². The van der Waals surface area contributed by atoms with Crippen molar-refractivity contribution in [3.05, 3.63) is 44.7 Å². The second kappa shape index (κ2) is 5.02. The zero-order valence-electron chi connectivity index (χ0n) is 9.57. The van der Waals surface area contributed by atoms with Gasteiger partial charge in [-0.3, -0.25) is 4.79 Å². The third-order valence-corrected chi connectivity index (χ3v) is 3.31. The molecule has 3 nitrogen and oxygen atoms in total. The molecule has 2 rings (SSSR count). The van der Waals surface area contributed by atoms with Crippen molar-refractivity contribution in [2.75, 3.05) is 0 Å². The number of rotatable bonds is 3. The van der Waals surface area contributed by atoms with Crippen molar-refractivity contribution in [3.63, 3.8) is 0 Å². The molecule has 1 unspecified atom stereocenters. The van der Waals surface area contributed by atoms with Gasteiger partial charge in [0.2, 0.25) is 0 Å². The highest BCUT2D eigenvalue weighted by atomic mass is 79.9. The summed E-state index contributed by atoms with van der Waals surface area (Å²) in [5.74, 6) is 0. The van der Waals surface area contributed by atoms with Crippen LogP contribution < -0.4 is 11.2 Å². The van der Waals surface area contributed by atoms with Crippen LogP contribution in [0.2, 0.25) is 0 Å². The van der Waals surface area contributed by atoms with Gasteiger partial charge < -0.3 is 10.2 Å². The Labute approximate surface area is 108 Å². The molecule has 1 heterocycles. The predicted molar refractivity (Wildman–Crippen MR) is 72.2 cm³/mol. The topological polar surface area (TPSA) is 56.2 Å². The van der Waals surface area contributed by atoms with Crippen LogP contribution in [0.5, 0.6) is 0 Å². The zero-order chi connectivity index (χ0) is 12.4. The molecule has 0 amide bonds. The molecule has 1 aromatic carbocycles. The van der Waals surface area contributed by atoms with Crippen molar-refractivity contribution in [3.8, 4) is 0 Å². The number of halogens is 1. The van der Waals surface area contributed by atoms with Gasteiger partial charge in [0.05, 0.1) is 11.6 Å². The van der Waals surface area contributed by atoms with Crippen molar-refractivity contribution < 1.29 is 4.42 Å². The van der Waals surface area contributed by atoms with Crippen molar-refractivity contribution in [2.45, 2.75) is 25.8 Å². The van der Waals surface area contributed by atoms with Crippen LogP contribution in [0.25, 0.3) is 11.0 Å². The first kappa shape index (κ1) is 12.3. The van der Waals surface area contributed by atoms with Crippen LogP contribution in [0, 0.1) is 0 Å². The average molecular weight is 296 g/mol. The van der Waals surface area contributed by atoms with Crippen LogP contribution in [-0.4, -0.2) is 6.04 Å². The van der Waals surface area contributed by atoms with E-state index in [1.807, 2.05) is 13.0 Å². The minimum Gasteiger partial charge on any atom is -0.464 e. The minimum atomic E-state index is 0.00232. The SMILES string of the molecule is CCC(N)Cc1coc2ccc(Br)cc2c1=O. The molecule has 0 radical (unpaired) electrons. The summed E-state index contributed by atoms with van der Waals surface area (Å²) in [7, 11) is 0. The maximum absolute atomic E-state index is 12.2. The quantitative estimate of drug-likeness (QED) is 0.947. The first-order chi connectivity index (χ1) is 8.11. The Morgan fingerprint density at radius 2 is 2.24 bits per heavy atom. The van der Waals surface area contributed by atoms with Crippen LogP contribution in [0.15, 0.2) is 38.1 Å². The Hall–Kier alpha value is -1.13. The van der Waals surface area contributed by atoms with Crippen molar-refractivity contribution in [2.24, 2.45) is 5.73 Å². The summed E-state index contributed by atoms with van der Waals surface area (Å²) in [6.45, 7) is 2.00. The normalized spacial score (nSPS) is 12.9. The summed E-state index contributed by atoms with van der Waals surface area (Å²) >= 11 is 3.35. The van der Waals surface area contributed by atoms with Gasteiger partial charge in [-0.25, -0.2) is 0 Å². The van der Waals surface area contributed by atoms with E-state index >= 15 is 0 Å². The molecule has 1 aromatic heterocycles. The fourth-order valence-corrected chi connectivity index (χ4v) is 2.07. The molecule has 1 atom stereocenters. The molecule has 0 saturated heterocycles. The lowest BCUT2D eigenvalue weighted by Gasteiger charge is -2.08. The third-order valence-electron chi connectivity index (χ3n) is 2.81. The second-order valence-electron chi connectivity index (χ2n) is 4.10. The standard InChI is InChI=1S/C13H14BrNO2/c1-2-10(15)5-8-7-17-12-4-3-9(14)6-11(12)13(8)16/h3-4,6-7,10H,2,5,15H2,1H3. The van der Waals surface area contributed by atoms with Gasteiger partial charge in [0.1, 0.15) is 5.58 Å². The first-order valence-corrected chi connectivity index (χ1v) is 6.36. The van der Waals surface area contributed by atoms with Crippen LogP contribution >= 0.6 is 15.9 Å². The maximum atomic E-state index is 12.2. The largest absolute Gasteiger partial charge is 0.464 e. The first-order valence-electron chi connectivity index (χ1n) is 5.57. The molecular weight excluding hydrogens is 282 g/mol. The molecule has 0 aliphatic heterocycles. The Kier molecular flexibility index (Phi) is 3.64.